The van der Waals surface area contributed by atoms with E-state index < -0.39 is 6.23 Å². The fraction of sp³-hybridized carbons (Fsp3) is 0.500. The van der Waals surface area contributed by atoms with Crippen molar-refractivity contribution < 1.29 is 19.4 Å². The first-order chi connectivity index (χ1) is 12.5. The van der Waals surface area contributed by atoms with Gasteiger partial charge >= 0.3 is 0 Å². The van der Waals surface area contributed by atoms with Crippen LogP contribution in [0, 0.1) is 0 Å². The highest BCUT2D eigenvalue weighted by molar-refractivity contribution is 6.05. The number of aliphatic imine (C=N–C) groups is 1. The average molecular weight is 360 g/mol. The highest BCUT2D eigenvalue weighted by Gasteiger charge is 2.29. The van der Waals surface area contributed by atoms with Crippen LogP contribution in [0.3, 0.4) is 0 Å². The van der Waals surface area contributed by atoms with E-state index in [1.54, 1.807) is 7.05 Å². The van der Waals surface area contributed by atoms with Crippen molar-refractivity contribution >= 4 is 23.5 Å². The fourth-order valence-corrected chi connectivity index (χ4v) is 2.96. The van der Waals surface area contributed by atoms with Gasteiger partial charge in [0, 0.05) is 25.6 Å². The number of fused-ring (bicyclic) bond motifs is 2. The molecular formula is C18H24N4O4. The molecule has 1 atom stereocenters. The second kappa shape index (κ2) is 7.74. The highest BCUT2D eigenvalue weighted by Crippen LogP contribution is 2.30. The van der Waals surface area contributed by atoms with Crippen LogP contribution in [0.2, 0.25) is 0 Å². The van der Waals surface area contributed by atoms with E-state index in [0.29, 0.717) is 44.9 Å². The largest absolute Gasteiger partial charge is 0.494 e. The van der Waals surface area contributed by atoms with E-state index in [4.69, 9.17) is 4.74 Å². The van der Waals surface area contributed by atoms with Crippen LogP contribution in [0.25, 0.3) is 0 Å². The van der Waals surface area contributed by atoms with E-state index in [2.05, 4.69) is 10.3 Å². The van der Waals surface area contributed by atoms with Crippen molar-refractivity contribution in [1.82, 2.24) is 15.1 Å². The Kier molecular flexibility index (Phi) is 5.41. The van der Waals surface area contributed by atoms with Crippen LogP contribution in [-0.4, -0.2) is 59.1 Å². The molecule has 2 heterocycles. The minimum atomic E-state index is -0.735. The molecule has 0 spiro atoms. The van der Waals surface area contributed by atoms with Gasteiger partial charge in [-0.3, -0.25) is 14.9 Å². The summed E-state index contributed by atoms with van der Waals surface area (Å²) in [5, 5.41) is 12.4. The highest BCUT2D eigenvalue weighted by atomic mass is 16.5. The Morgan fingerprint density at radius 2 is 2.27 bits per heavy atom. The molecule has 2 aliphatic rings. The van der Waals surface area contributed by atoms with Crippen LogP contribution in [-0.2, 0) is 16.1 Å². The number of ether oxygens (including phenoxy) is 1. The third-order valence-corrected chi connectivity index (χ3v) is 4.53. The normalized spacial score (nSPS) is 16.3. The molecule has 2 amide bonds. The summed E-state index contributed by atoms with van der Waals surface area (Å²) in [6.45, 7) is 3.18. The van der Waals surface area contributed by atoms with Gasteiger partial charge in [-0.15, -0.1) is 0 Å². The Labute approximate surface area is 152 Å². The number of hydrogen-bond acceptors (Lipinski definition) is 6. The van der Waals surface area contributed by atoms with E-state index in [9.17, 15) is 14.7 Å². The molecule has 0 aromatic heterocycles. The maximum absolute atomic E-state index is 11.9. The van der Waals surface area contributed by atoms with Crippen LogP contribution >= 0.6 is 0 Å². The first-order valence-corrected chi connectivity index (χ1v) is 8.81. The fourth-order valence-electron chi connectivity index (χ4n) is 2.96. The van der Waals surface area contributed by atoms with E-state index in [-0.39, 0.29) is 11.8 Å². The van der Waals surface area contributed by atoms with E-state index >= 15 is 0 Å². The van der Waals surface area contributed by atoms with Crippen molar-refractivity contribution in [2.24, 2.45) is 4.99 Å². The summed E-state index contributed by atoms with van der Waals surface area (Å²) in [5.74, 6) is 1.18. The summed E-state index contributed by atoms with van der Waals surface area (Å²) in [4.78, 5) is 31.1. The number of benzene rings is 1. The van der Waals surface area contributed by atoms with Crippen molar-refractivity contribution in [2.75, 3.05) is 20.2 Å². The minimum absolute atomic E-state index is 0.0455. The molecule has 3 rings (SSSR count). The van der Waals surface area contributed by atoms with E-state index in [1.165, 1.54) is 4.90 Å². The zero-order chi connectivity index (χ0) is 18.7. The Morgan fingerprint density at radius 1 is 1.46 bits per heavy atom. The lowest BCUT2D eigenvalue weighted by Gasteiger charge is -2.23. The zero-order valence-electron chi connectivity index (χ0n) is 15.1. The van der Waals surface area contributed by atoms with Crippen molar-refractivity contribution in [2.45, 2.75) is 39.0 Å². The molecule has 1 aromatic rings. The lowest BCUT2D eigenvalue weighted by atomic mass is 10.1. The Hall–Kier alpha value is -2.61. The summed E-state index contributed by atoms with van der Waals surface area (Å²) >= 11 is 0. The molecule has 1 fully saturated rings. The van der Waals surface area contributed by atoms with Gasteiger partial charge in [-0.05, 0) is 31.0 Å². The summed E-state index contributed by atoms with van der Waals surface area (Å²) in [6, 6.07) is 5.63. The first kappa shape index (κ1) is 18.2. The van der Waals surface area contributed by atoms with Crippen LogP contribution < -0.4 is 10.1 Å². The standard InChI is InChI=1S/C18H24N4O4/c1-3-16(24)21(2)17(25)5-4-8-26-13-6-7-14-12(9-13)10-22-11-15(23)20-18(22)19-14/h6-7,9,16,24H,3-5,8,10-11H2,1-2H3,(H,19,20,23). The van der Waals surface area contributed by atoms with Gasteiger partial charge in [0.05, 0.1) is 12.3 Å². The van der Waals surface area contributed by atoms with Gasteiger partial charge in [0.25, 0.3) is 0 Å². The van der Waals surface area contributed by atoms with Crippen LogP contribution in [0.5, 0.6) is 5.75 Å². The number of carbonyl (C=O) groups is 2. The molecule has 0 bridgehead atoms. The summed E-state index contributed by atoms with van der Waals surface area (Å²) < 4.78 is 5.74. The lowest BCUT2D eigenvalue weighted by Crippen LogP contribution is -2.36. The van der Waals surface area contributed by atoms with E-state index in [0.717, 1.165) is 17.0 Å². The lowest BCUT2D eigenvalue weighted by molar-refractivity contribution is -0.139. The number of hydrogen-bond donors (Lipinski definition) is 2. The van der Waals surface area contributed by atoms with Crippen LogP contribution in [0.4, 0.5) is 5.69 Å². The van der Waals surface area contributed by atoms with Gasteiger partial charge in [0.1, 0.15) is 18.5 Å². The van der Waals surface area contributed by atoms with Gasteiger partial charge in [-0.1, -0.05) is 6.92 Å². The topological polar surface area (TPSA) is 94.5 Å². The second-order valence-corrected chi connectivity index (χ2v) is 6.48. The Bertz CT molecular complexity index is 734. The summed E-state index contributed by atoms with van der Waals surface area (Å²) in [5.41, 5.74) is 1.83. The van der Waals surface area contributed by atoms with Crippen LogP contribution in [0.15, 0.2) is 23.2 Å². The molecule has 2 N–H and O–H groups in total. The zero-order valence-corrected chi connectivity index (χ0v) is 15.1. The summed E-state index contributed by atoms with van der Waals surface area (Å²) in [6.07, 6.45) is 0.675. The first-order valence-electron chi connectivity index (χ1n) is 8.81. The SMILES string of the molecule is CCC(O)N(C)C(=O)CCCOc1ccc2c(c1)CN1CC(=O)NC1=N2. The molecule has 0 saturated carbocycles. The monoisotopic (exact) mass is 360 g/mol. The number of aliphatic hydroxyl groups is 1. The number of nitrogens with one attached hydrogen (secondary N) is 1. The molecular weight excluding hydrogens is 336 g/mol. The van der Waals surface area contributed by atoms with Gasteiger partial charge in [-0.2, -0.15) is 0 Å². The van der Waals surface area contributed by atoms with Crippen LogP contribution in [0.1, 0.15) is 31.7 Å². The third-order valence-electron chi connectivity index (χ3n) is 4.53. The van der Waals surface area contributed by atoms with E-state index in [1.807, 2.05) is 30.0 Å². The Morgan fingerprint density at radius 3 is 3.04 bits per heavy atom. The predicted octanol–water partition coefficient (Wildman–Crippen LogP) is 0.965. The number of aliphatic hydroxyl groups excluding tert-OH is 1. The third kappa shape index (κ3) is 3.96. The van der Waals surface area contributed by atoms with Gasteiger partial charge in [-0.25, -0.2) is 4.99 Å². The molecule has 140 valence electrons. The molecule has 8 heteroatoms. The number of carbonyl (C=O) groups excluding carboxylic acids is 2. The number of guanidine groups is 1. The van der Waals surface area contributed by atoms with Gasteiger partial charge in [0.2, 0.25) is 17.8 Å². The van der Waals surface area contributed by atoms with Crippen molar-refractivity contribution in [3.8, 4) is 5.75 Å². The predicted molar refractivity (Wildman–Crippen MR) is 95.9 cm³/mol. The molecule has 0 radical (unpaired) electrons. The quantitative estimate of drug-likeness (QED) is 0.558. The molecule has 26 heavy (non-hydrogen) atoms. The van der Waals surface area contributed by atoms with Crippen molar-refractivity contribution in [1.29, 1.82) is 0 Å². The molecule has 2 aliphatic heterocycles. The van der Waals surface area contributed by atoms with Crippen molar-refractivity contribution in [3.05, 3.63) is 23.8 Å². The minimum Gasteiger partial charge on any atom is -0.494 e. The maximum atomic E-state index is 11.9. The molecule has 1 aromatic carbocycles. The van der Waals surface area contributed by atoms with Gasteiger partial charge in [0.15, 0.2) is 0 Å². The number of amides is 2. The molecule has 1 saturated heterocycles. The maximum Gasteiger partial charge on any atom is 0.246 e. The van der Waals surface area contributed by atoms with Crippen molar-refractivity contribution in [3.63, 3.8) is 0 Å². The molecule has 0 aliphatic carbocycles. The molecule has 1 unspecified atom stereocenters. The van der Waals surface area contributed by atoms with Gasteiger partial charge < -0.3 is 19.6 Å². The average Bonchev–Trinajstić information content (AvgIpc) is 3.00. The number of nitrogens with zero attached hydrogens (tertiary/aromatic N) is 3. The smallest absolute Gasteiger partial charge is 0.246 e. The molecule has 8 nitrogen and oxygen atoms in total. The second-order valence-electron chi connectivity index (χ2n) is 6.48. The Balaban J connectivity index is 1.50. The number of rotatable bonds is 7. The summed E-state index contributed by atoms with van der Waals surface area (Å²) in [7, 11) is 1.60.